The summed E-state index contributed by atoms with van der Waals surface area (Å²) in [5, 5.41) is 12.6. The maximum absolute atomic E-state index is 12.8. The van der Waals surface area contributed by atoms with E-state index in [9.17, 15) is 9.90 Å². The third-order valence-electron chi connectivity index (χ3n) is 6.06. The first kappa shape index (κ1) is 23.2. The Morgan fingerprint density at radius 1 is 1.06 bits per heavy atom. The molecule has 0 bridgehead atoms. The summed E-state index contributed by atoms with van der Waals surface area (Å²) in [6, 6.07) is 12.6. The van der Waals surface area contributed by atoms with Crippen LogP contribution in [0.5, 0.6) is 23.0 Å². The first-order valence-corrected chi connectivity index (χ1v) is 11.5. The number of hydrogen-bond donors (Lipinski definition) is 1. The molecule has 2 heterocycles. The van der Waals surface area contributed by atoms with Gasteiger partial charge in [-0.3, -0.25) is 4.79 Å². The molecule has 2 atom stereocenters. The van der Waals surface area contributed by atoms with Crippen molar-refractivity contribution in [1.82, 2.24) is 9.96 Å². The average Bonchev–Trinajstić information content (AvgIpc) is 3.38. The molecule has 1 fully saturated rings. The first-order chi connectivity index (χ1) is 16.1. The average molecular weight is 457 g/mol. The largest absolute Gasteiger partial charge is 0.497 e. The van der Waals surface area contributed by atoms with E-state index >= 15 is 0 Å². The molecule has 1 N–H and O–H groups in total. The van der Waals surface area contributed by atoms with Crippen LogP contribution < -0.4 is 19.0 Å². The summed E-state index contributed by atoms with van der Waals surface area (Å²) < 4.78 is 16.6. The van der Waals surface area contributed by atoms with Gasteiger partial charge in [0.2, 0.25) is 0 Å². The molecule has 0 aliphatic carbocycles. The van der Waals surface area contributed by atoms with E-state index in [0.29, 0.717) is 42.8 Å². The molecule has 2 aliphatic rings. The Balaban J connectivity index is 1.62. The minimum atomic E-state index is -1.19. The van der Waals surface area contributed by atoms with Crippen molar-refractivity contribution in [3.63, 3.8) is 0 Å². The molecular formula is C25H32N2O6. The fourth-order valence-electron chi connectivity index (χ4n) is 4.23. The number of carbonyl (C=O) groups excluding carboxylic acids is 1. The molecule has 0 unspecified atom stereocenters. The Morgan fingerprint density at radius 3 is 2.39 bits per heavy atom. The zero-order chi connectivity index (χ0) is 23.2. The number of benzene rings is 2. The number of nitrogens with zero attached hydrogens (tertiary/aromatic N) is 2. The van der Waals surface area contributed by atoms with Gasteiger partial charge in [-0.15, -0.1) is 5.06 Å². The third kappa shape index (κ3) is 5.51. The van der Waals surface area contributed by atoms with E-state index in [1.807, 2.05) is 18.2 Å². The molecule has 2 aromatic rings. The van der Waals surface area contributed by atoms with Crippen LogP contribution in [0.3, 0.4) is 0 Å². The molecule has 2 aliphatic heterocycles. The minimum absolute atomic E-state index is 0.199. The maximum Gasteiger partial charge on any atom is 0.257 e. The fourth-order valence-corrected chi connectivity index (χ4v) is 4.23. The quantitative estimate of drug-likeness (QED) is 0.458. The van der Waals surface area contributed by atoms with E-state index in [0.717, 1.165) is 36.6 Å². The van der Waals surface area contributed by atoms with Crippen LogP contribution in [0.25, 0.3) is 0 Å². The third-order valence-corrected chi connectivity index (χ3v) is 6.06. The van der Waals surface area contributed by atoms with Gasteiger partial charge >= 0.3 is 0 Å². The molecule has 0 aromatic heterocycles. The van der Waals surface area contributed by atoms with Crippen LogP contribution in [-0.2, 0) is 4.79 Å². The van der Waals surface area contributed by atoms with Crippen LogP contribution in [0.2, 0.25) is 0 Å². The Labute approximate surface area is 194 Å². The maximum atomic E-state index is 12.8. The second-order valence-corrected chi connectivity index (χ2v) is 8.27. The molecule has 8 heteroatoms. The van der Waals surface area contributed by atoms with Gasteiger partial charge in [-0.25, -0.2) is 0 Å². The number of aliphatic hydroxyl groups is 1. The van der Waals surface area contributed by atoms with Crippen LogP contribution in [0.4, 0.5) is 0 Å². The lowest BCUT2D eigenvalue weighted by Crippen LogP contribution is -2.48. The fraction of sp³-hybridized carbons (Fsp3) is 0.480. The number of likely N-dealkylation sites (tertiary alicyclic amines) is 1. The molecule has 0 saturated carbocycles. The lowest BCUT2D eigenvalue weighted by molar-refractivity contribution is -0.197. The zero-order valence-electron chi connectivity index (χ0n) is 19.2. The smallest absolute Gasteiger partial charge is 0.257 e. The van der Waals surface area contributed by atoms with Crippen LogP contribution in [0.1, 0.15) is 37.7 Å². The van der Waals surface area contributed by atoms with E-state index in [1.165, 1.54) is 0 Å². The van der Waals surface area contributed by atoms with Crippen molar-refractivity contribution in [1.29, 1.82) is 0 Å². The molecular weight excluding hydrogens is 424 g/mol. The van der Waals surface area contributed by atoms with E-state index < -0.39 is 12.1 Å². The standard InChI is InChI=1S/C25H32N2O6/c1-3-24(28)27(33-20-9-7-19(30-2)8-10-20)25(29)21(17-26-12-4-5-13-26)18-6-11-22-23(16-18)32-15-14-31-22/h6-11,16,21,25,29H,3-5,12-15,17H2,1-2H3/t21-,25-/m0/s1. The predicted molar refractivity (Wildman–Crippen MR) is 123 cm³/mol. The van der Waals surface area contributed by atoms with Crippen molar-refractivity contribution in [2.24, 2.45) is 0 Å². The molecule has 8 nitrogen and oxygen atoms in total. The number of hydrogen-bond acceptors (Lipinski definition) is 7. The molecule has 2 aromatic carbocycles. The summed E-state index contributed by atoms with van der Waals surface area (Å²) in [7, 11) is 1.59. The highest BCUT2D eigenvalue weighted by Crippen LogP contribution is 2.35. The lowest BCUT2D eigenvalue weighted by Gasteiger charge is -2.35. The number of fused-ring (bicyclic) bond motifs is 1. The van der Waals surface area contributed by atoms with Gasteiger partial charge < -0.3 is 29.1 Å². The number of rotatable bonds is 9. The molecule has 0 spiro atoms. The van der Waals surface area contributed by atoms with Crippen molar-refractivity contribution < 1.29 is 28.9 Å². The highest BCUT2D eigenvalue weighted by atomic mass is 16.7. The van der Waals surface area contributed by atoms with E-state index in [2.05, 4.69) is 4.90 Å². The van der Waals surface area contributed by atoms with Gasteiger partial charge in [-0.05, 0) is 67.9 Å². The Morgan fingerprint density at radius 2 is 1.73 bits per heavy atom. The number of hydroxylamine groups is 2. The predicted octanol–water partition coefficient (Wildman–Crippen LogP) is 3.20. The summed E-state index contributed by atoms with van der Waals surface area (Å²) in [4.78, 5) is 21.1. The Hall–Kier alpha value is -2.97. The number of ether oxygens (including phenoxy) is 3. The van der Waals surface area contributed by atoms with Gasteiger partial charge in [-0.1, -0.05) is 13.0 Å². The Bertz CT molecular complexity index is 929. The van der Waals surface area contributed by atoms with Crippen molar-refractivity contribution >= 4 is 5.91 Å². The highest BCUT2D eigenvalue weighted by molar-refractivity contribution is 5.75. The summed E-state index contributed by atoms with van der Waals surface area (Å²) in [5.41, 5.74) is 0.867. The van der Waals surface area contributed by atoms with Gasteiger partial charge in [0.1, 0.15) is 19.0 Å². The molecule has 0 radical (unpaired) electrons. The highest BCUT2D eigenvalue weighted by Gasteiger charge is 2.34. The number of methoxy groups -OCH3 is 1. The van der Waals surface area contributed by atoms with Gasteiger partial charge in [-0.2, -0.15) is 0 Å². The van der Waals surface area contributed by atoms with Gasteiger partial charge in [0.25, 0.3) is 5.91 Å². The van der Waals surface area contributed by atoms with Crippen molar-refractivity contribution in [2.45, 2.75) is 38.3 Å². The van der Waals surface area contributed by atoms with E-state index in [4.69, 9.17) is 19.0 Å². The topological polar surface area (TPSA) is 80.7 Å². The van der Waals surface area contributed by atoms with Crippen molar-refractivity contribution in [3.05, 3.63) is 48.0 Å². The summed E-state index contributed by atoms with van der Waals surface area (Å²) in [5.74, 6) is 1.77. The van der Waals surface area contributed by atoms with Crippen LogP contribution >= 0.6 is 0 Å². The van der Waals surface area contributed by atoms with Crippen molar-refractivity contribution in [2.75, 3.05) is 40.0 Å². The molecule has 33 heavy (non-hydrogen) atoms. The molecule has 4 rings (SSSR count). The SMILES string of the molecule is CCC(=O)N(Oc1ccc(OC)cc1)[C@@H](O)[C@@H](CN1CCCC1)c1ccc2c(c1)OCCO2. The second kappa shape index (κ2) is 10.8. The number of carbonyl (C=O) groups is 1. The van der Waals surface area contributed by atoms with Gasteiger partial charge in [0.05, 0.1) is 7.11 Å². The van der Waals surface area contributed by atoms with Crippen LogP contribution in [0, 0.1) is 0 Å². The summed E-state index contributed by atoms with van der Waals surface area (Å²) in [6.45, 7) is 5.28. The first-order valence-electron chi connectivity index (χ1n) is 11.5. The normalized spacial score (nSPS) is 17.3. The Kier molecular flexibility index (Phi) is 7.57. The monoisotopic (exact) mass is 456 g/mol. The van der Waals surface area contributed by atoms with Gasteiger partial charge in [0.15, 0.2) is 23.5 Å². The molecule has 178 valence electrons. The van der Waals surface area contributed by atoms with Gasteiger partial charge in [0, 0.05) is 18.9 Å². The second-order valence-electron chi connectivity index (χ2n) is 8.27. The number of amides is 1. The minimum Gasteiger partial charge on any atom is -0.497 e. The number of aliphatic hydroxyl groups excluding tert-OH is 1. The van der Waals surface area contributed by atoms with E-state index in [-0.39, 0.29) is 12.3 Å². The lowest BCUT2D eigenvalue weighted by atomic mass is 9.95. The molecule has 1 amide bonds. The summed E-state index contributed by atoms with van der Waals surface area (Å²) >= 11 is 0. The van der Waals surface area contributed by atoms with Crippen molar-refractivity contribution in [3.8, 4) is 23.0 Å². The van der Waals surface area contributed by atoms with Crippen LogP contribution in [-0.4, -0.2) is 67.2 Å². The summed E-state index contributed by atoms with van der Waals surface area (Å²) in [6.07, 6.45) is 1.27. The zero-order valence-corrected chi connectivity index (χ0v) is 19.2. The molecule has 1 saturated heterocycles. The van der Waals surface area contributed by atoms with Crippen LogP contribution in [0.15, 0.2) is 42.5 Å². The van der Waals surface area contributed by atoms with E-state index in [1.54, 1.807) is 38.3 Å².